The average molecular weight is 281 g/mol. The number of halogens is 2. The average Bonchev–Trinajstić information content (AvgIpc) is 2.36. The Morgan fingerprint density at radius 1 is 1.42 bits per heavy atom. The molecule has 1 aromatic heterocycles. The Balaban J connectivity index is 2.42. The van der Waals surface area contributed by atoms with Gasteiger partial charge in [-0.3, -0.25) is 4.98 Å². The number of carboxylic acid groups (broad SMARTS) is 1. The smallest absolute Gasteiger partial charge is 0.337 e. The van der Waals surface area contributed by atoms with Gasteiger partial charge < -0.3 is 10.4 Å². The highest BCUT2D eigenvalue weighted by molar-refractivity contribution is 6.33. The minimum atomic E-state index is -1.08. The van der Waals surface area contributed by atoms with E-state index in [4.69, 9.17) is 16.7 Å². The SMILES string of the molecule is Cc1cc(Nc2cnccc2C(=O)O)c(Cl)cc1F. The van der Waals surface area contributed by atoms with E-state index < -0.39 is 11.8 Å². The van der Waals surface area contributed by atoms with Gasteiger partial charge in [0.2, 0.25) is 0 Å². The fourth-order valence-corrected chi connectivity index (χ4v) is 1.78. The number of nitrogens with one attached hydrogen (secondary N) is 1. The summed E-state index contributed by atoms with van der Waals surface area (Å²) >= 11 is 5.91. The zero-order chi connectivity index (χ0) is 14.0. The number of benzene rings is 1. The highest BCUT2D eigenvalue weighted by Gasteiger charge is 2.12. The first-order valence-corrected chi connectivity index (χ1v) is 5.77. The summed E-state index contributed by atoms with van der Waals surface area (Å²) in [5.74, 6) is -1.50. The zero-order valence-electron chi connectivity index (χ0n) is 9.95. The van der Waals surface area contributed by atoms with Crippen molar-refractivity contribution in [3.63, 3.8) is 0 Å². The van der Waals surface area contributed by atoms with Crippen LogP contribution in [0, 0.1) is 12.7 Å². The summed E-state index contributed by atoms with van der Waals surface area (Å²) in [6.07, 6.45) is 2.75. The third-order valence-electron chi connectivity index (χ3n) is 2.57. The quantitative estimate of drug-likeness (QED) is 0.901. The van der Waals surface area contributed by atoms with Crippen molar-refractivity contribution in [2.75, 3.05) is 5.32 Å². The minimum absolute atomic E-state index is 0.0630. The van der Waals surface area contributed by atoms with Crippen molar-refractivity contribution in [1.82, 2.24) is 4.98 Å². The maximum atomic E-state index is 13.3. The molecule has 0 amide bonds. The molecule has 0 saturated carbocycles. The maximum absolute atomic E-state index is 13.3. The molecule has 0 aliphatic carbocycles. The predicted molar refractivity (Wildman–Crippen MR) is 70.6 cm³/mol. The van der Waals surface area contributed by atoms with E-state index in [9.17, 15) is 9.18 Å². The third kappa shape index (κ3) is 2.82. The van der Waals surface area contributed by atoms with Gasteiger partial charge in [0.15, 0.2) is 0 Å². The van der Waals surface area contributed by atoms with Crippen LogP contribution in [-0.4, -0.2) is 16.1 Å². The lowest BCUT2D eigenvalue weighted by Crippen LogP contribution is -2.03. The van der Waals surface area contributed by atoms with E-state index in [1.54, 1.807) is 6.92 Å². The first-order valence-electron chi connectivity index (χ1n) is 5.39. The molecule has 0 spiro atoms. The second-order valence-corrected chi connectivity index (χ2v) is 4.34. The van der Waals surface area contributed by atoms with Crippen LogP contribution in [0.4, 0.5) is 15.8 Å². The van der Waals surface area contributed by atoms with Crippen LogP contribution < -0.4 is 5.32 Å². The molecule has 0 radical (unpaired) electrons. The summed E-state index contributed by atoms with van der Waals surface area (Å²) < 4.78 is 13.3. The molecule has 0 aliphatic rings. The van der Waals surface area contributed by atoms with Gasteiger partial charge in [-0.2, -0.15) is 0 Å². The van der Waals surface area contributed by atoms with Gasteiger partial charge in [0.25, 0.3) is 0 Å². The number of aromatic nitrogens is 1. The number of anilines is 2. The lowest BCUT2D eigenvalue weighted by atomic mass is 10.2. The number of hydrogen-bond donors (Lipinski definition) is 2. The summed E-state index contributed by atoms with van der Waals surface area (Å²) in [5, 5.41) is 12.1. The summed E-state index contributed by atoms with van der Waals surface area (Å²) in [5.41, 5.74) is 1.19. The van der Waals surface area contributed by atoms with Crippen LogP contribution in [0.3, 0.4) is 0 Å². The van der Waals surface area contributed by atoms with Gasteiger partial charge in [-0.05, 0) is 30.7 Å². The van der Waals surface area contributed by atoms with Gasteiger partial charge >= 0.3 is 5.97 Å². The molecule has 2 N–H and O–H groups in total. The molecule has 4 nitrogen and oxygen atoms in total. The largest absolute Gasteiger partial charge is 0.478 e. The summed E-state index contributed by atoms with van der Waals surface area (Å²) in [4.78, 5) is 14.9. The molecule has 0 bridgehead atoms. The summed E-state index contributed by atoms with van der Waals surface area (Å²) in [7, 11) is 0. The van der Waals surface area contributed by atoms with Gasteiger partial charge in [-0.25, -0.2) is 9.18 Å². The van der Waals surface area contributed by atoms with Crippen molar-refractivity contribution in [1.29, 1.82) is 0 Å². The van der Waals surface area contributed by atoms with Crippen molar-refractivity contribution in [2.24, 2.45) is 0 Å². The molecule has 0 unspecified atom stereocenters. The van der Waals surface area contributed by atoms with E-state index in [-0.39, 0.29) is 10.6 Å². The number of hydrogen-bond acceptors (Lipinski definition) is 3. The fourth-order valence-electron chi connectivity index (χ4n) is 1.58. The molecule has 1 heterocycles. The van der Waals surface area contributed by atoms with Gasteiger partial charge in [-0.15, -0.1) is 0 Å². The number of carboxylic acids is 1. The van der Waals surface area contributed by atoms with Crippen molar-refractivity contribution >= 4 is 28.9 Å². The Labute approximate surface area is 113 Å². The molecule has 0 atom stereocenters. The lowest BCUT2D eigenvalue weighted by molar-refractivity contribution is 0.0698. The van der Waals surface area contributed by atoms with Crippen LogP contribution in [-0.2, 0) is 0 Å². The molecule has 0 aliphatic heterocycles. The van der Waals surface area contributed by atoms with Crippen molar-refractivity contribution in [3.05, 3.63) is 52.6 Å². The molecule has 2 aromatic rings. The Bertz CT molecular complexity index is 647. The number of nitrogens with zero attached hydrogens (tertiary/aromatic N) is 1. The predicted octanol–water partition coefficient (Wildman–Crippen LogP) is 3.62. The molecule has 1 aromatic carbocycles. The van der Waals surface area contributed by atoms with Crippen molar-refractivity contribution < 1.29 is 14.3 Å². The minimum Gasteiger partial charge on any atom is -0.478 e. The second-order valence-electron chi connectivity index (χ2n) is 3.93. The zero-order valence-corrected chi connectivity index (χ0v) is 10.7. The van der Waals surface area contributed by atoms with Crippen molar-refractivity contribution in [3.8, 4) is 0 Å². The van der Waals surface area contributed by atoms with E-state index in [1.807, 2.05) is 0 Å². The molecule has 19 heavy (non-hydrogen) atoms. The monoisotopic (exact) mass is 280 g/mol. The van der Waals surface area contributed by atoms with Crippen LogP contribution in [0.25, 0.3) is 0 Å². The van der Waals surface area contributed by atoms with Gasteiger partial charge in [0.05, 0.1) is 28.2 Å². The molecular formula is C13H10ClFN2O2. The van der Waals surface area contributed by atoms with Crippen LogP contribution in [0.1, 0.15) is 15.9 Å². The second kappa shape index (κ2) is 5.24. The van der Waals surface area contributed by atoms with Crippen LogP contribution >= 0.6 is 11.6 Å². The number of aromatic carboxylic acids is 1. The Kier molecular flexibility index (Phi) is 3.66. The highest BCUT2D eigenvalue weighted by Crippen LogP contribution is 2.29. The van der Waals surface area contributed by atoms with E-state index in [1.165, 1.54) is 30.6 Å². The maximum Gasteiger partial charge on any atom is 0.337 e. The van der Waals surface area contributed by atoms with Crippen LogP contribution in [0.15, 0.2) is 30.6 Å². The third-order valence-corrected chi connectivity index (χ3v) is 2.88. The Hall–Kier alpha value is -2.14. The number of carbonyl (C=O) groups is 1. The summed E-state index contributed by atoms with van der Waals surface area (Å²) in [6.45, 7) is 1.60. The van der Waals surface area contributed by atoms with E-state index in [0.717, 1.165) is 0 Å². The first kappa shape index (κ1) is 13.3. The summed E-state index contributed by atoms with van der Waals surface area (Å²) in [6, 6.07) is 4.06. The molecular weight excluding hydrogens is 271 g/mol. The number of pyridine rings is 1. The van der Waals surface area contributed by atoms with Gasteiger partial charge in [0, 0.05) is 6.20 Å². The van der Waals surface area contributed by atoms with E-state index in [0.29, 0.717) is 16.9 Å². The van der Waals surface area contributed by atoms with E-state index >= 15 is 0 Å². The van der Waals surface area contributed by atoms with Crippen molar-refractivity contribution in [2.45, 2.75) is 6.92 Å². The molecule has 2 rings (SSSR count). The Morgan fingerprint density at radius 3 is 2.84 bits per heavy atom. The Morgan fingerprint density at radius 2 is 2.16 bits per heavy atom. The topological polar surface area (TPSA) is 62.2 Å². The molecule has 0 saturated heterocycles. The van der Waals surface area contributed by atoms with Crippen LogP contribution in [0.5, 0.6) is 0 Å². The fraction of sp³-hybridized carbons (Fsp3) is 0.0769. The first-order chi connectivity index (χ1) is 8.99. The number of aryl methyl sites for hydroxylation is 1. The van der Waals surface area contributed by atoms with Gasteiger partial charge in [0.1, 0.15) is 5.82 Å². The standard InChI is InChI=1S/C13H10ClFN2O2/c1-7-4-11(9(14)5-10(7)15)17-12-6-16-3-2-8(12)13(18)19/h2-6,17H,1H3,(H,18,19). The molecule has 98 valence electrons. The van der Waals surface area contributed by atoms with E-state index in [2.05, 4.69) is 10.3 Å². The lowest BCUT2D eigenvalue weighted by Gasteiger charge is -2.11. The van der Waals surface area contributed by atoms with Gasteiger partial charge in [-0.1, -0.05) is 11.6 Å². The van der Waals surface area contributed by atoms with Crippen LogP contribution in [0.2, 0.25) is 5.02 Å². The highest BCUT2D eigenvalue weighted by atomic mass is 35.5. The normalized spacial score (nSPS) is 10.3. The molecule has 6 heteroatoms. The molecule has 0 fully saturated rings. The number of rotatable bonds is 3.